The smallest absolute Gasteiger partial charge is 0.248 e. The van der Waals surface area contributed by atoms with Gasteiger partial charge in [0.05, 0.1) is 26.2 Å². The average Bonchev–Trinajstić information content (AvgIpc) is 3.35. The SMILES string of the molecule is CCc1ccccc1CC(=O)Nc1ccc(-c2nnc(C)o2)c(SNCc2ccc(OC)cc2OC)c1. The molecule has 0 spiro atoms. The maximum absolute atomic E-state index is 12.8. The number of hydrogen-bond acceptors (Lipinski definition) is 8. The summed E-state index contributed by atoms with van der Waals surface area (Å²) in [5.74, 6) is 2.28. The van der Waals surface area contributed by atoms with Gasteiger partial charge in [-0.15, -0.1) is 10.2 Å². The van der Waals surface area contributed by atoms with Crippen LogP contribution in [0, 0.1) is 6.92 Å². The Morgan fingerprint density at radius 3 is 2.49 bits per heavy atom. The fourth-order valence-corrected chi connectivity index (χ4v) is 4.74. The van der Waals surface area contributed by atoms with Gasteiger partial charge in [0.25, 0.3) is 0 Å². The van der Waals surface area contributed by atoms with Gasteiger partial charge in [0.1, 0.15) is 11.5 Å². The van der Waals surface area contributed by atoms with E-state index >= 15 is 0 Å². The van der Waals surface area contributed by atoms with Crippen molar-refractivity contribution >= 4 is 23.5 Å². The van der Waals surface area contributed by atoms with Gasteiger partial charge in [-0.05, 0) is 53.8 Å². The van der Waals surface area contributed by atoms with Crippen LogP contribution in [0.3, 0.4) is 0 Å². The topological polar surface area (TPSA) is 98.5 Å². The molecule has 4 rings (SSSR count). The summed E-state index contributed by atoms with van der Waals surface area (Å²) >= 11 is 1.41. The number of carbonyl (C=O) groups excluding carboxylic acids is 1. The van der Waals surface area contributed by atoms with Crippen molar-refractivity contribution in [2.45, 2.75) is 38.1 Å². The second-order valence-corrected chi connectivity index (χ2v) is 9.22. The Morgan fingerprint density at radius 2 is 1.78 bits per heavy atom. The lowest BCUT2D eigenvalue weighted by molar-refractivity contribution is -0.115. The molecule has 192 valence electrons. The largest absolute Gasteiger partial charge is 0.497 e. The molecule has 0 aliphatic heterocycles. The van der Waals surface area contributed by atoms with Gasteiger partial charge >= 0.3 is 0 Å². The molecule has 0 radical (unpaired) electrons. The fraction of sp³-hybridized carbons (Fsp3) is 0.250. The van der Waals surface area contributed by atoms with Crippen LogP contribution in [0.15, 0.2) is 70.0 Å². The van der Waals surface area contributed by atoms with Crippen molar-refractivity contribution in [2.24, 2.45) is 0 Å². The molecule has 0 aliphatic carbocycles. The Labute approximate surface area is 220 Å². The molecule has 0 unspecified atom stereocenters. The molecule has 9 heteroatoms. The average molecular weight is 519 g/mol. The Balaban J connectivity index is 1.52. The van der Waals surface area contributed by atoms with Crippen LogP contribution in [0.25, 0.3) is 11.5 Å². The van der Waals surface area contributed by atoms with Crippen molar-refractivity contribution in [1.29, 1.82) is 0 Å². The van der Waals surface area contributed by atoms with E-state index in [2.05, 4.69) is 33.2 Å². The second-order valence-electron chi connectivity index (χ2n) is 8.29. The first kappa shape index (κ1) is 26.2. The number of nitrogens with zero attached hydrogens (tertiary/aromatic N) is 2. The minimum absolute atomic E-state index is 0.0748. The molecule has 0 saturated carbocycles. The van der Waals surface area contributed by atoms with E-state index in [0.29, 0.717) is 30.4 Å². The zero-order valence-electron chi connectivity index (χ0n) is 21.3. The molecule has 0 bridgehead atoms. The molecule has 4 aromatic rings. The Hall–Kier alpha value is -3.82. The van der Waals surface area contributed by atoms with Gasteiger partial charge in [-0.3, -0.25) is 9.52 Å². The van der Waals surface area contributed by atoms with Crippen LogP contribution < -0.4 is 19.5 Å². The summed E-state index contributed by atoms with van der Waals surface area (Å²) in [4.78, 5) is 13.7. The molecule has 1 aromatic heterocycles. The summed E-state index contributed by atoms with van der Waals surface area (Å²) in [6, 6.07) is 19.3. The minimum Gasteiger partial charge on any atom is -0.497 e. The number of anilines is 1. The quantitative estimate of drug-likeness (QED) is 0.248. The normalized spacial score (nSPS) is 10.8. The molecule has 1 heterocycles. The lowest BCUT2D eigenvalue weighted by Crippen LogP contribution is -2.15. The van der Waals surface area contributed by atoms with Gasteiger partial charge in [0, 0.05) is 35.7 Å². The summed E-state index contributed by atoms with van der Waals surface area (Å²) in [5.41, 5.74) is 4.64. The number of nitrogens with one attached hydrogen (secondary N) is 2. The van der Waals surface area contributed by atoms with E-state index in [9.17, 15) is 4.79 Å². The van der Waals surface area contributed by atoms with Crippen LogP contribution >= 0.6 is 11.9 Å². The van der Waals surface area contributed by atoms with Crippen molar-refractivity contribution in [1.82, 2.24) is 14.9 Å². The zero-order chi connectivity index (χ0) is 26.2. The third-order valence-electron chi connectivity index (χ3n) is 5.81. The second kappa shape index (κ2) is 12.4. The molecule has 1 amide bonds. The van der Waals surface area contributed by atoms with Gasteiger partial charge in [0.2, 0.25) is 17.7 Å². The van der Waals surface area contributed by atoms with Crippen molar-refractivity contribution in [3.63, 3.8) is 0 Å². The summed E-state index contributed by atoms with van der Waals surface area (Å²) in [6.07, 6.45) is 1.19. The molecule has 8 nitrogen and oxygen atoms in total. The van der Waals surface area contributed by atoms with Crippen LogP contribution in [-0.4, -0.2) is 30.3 Å². The van der Waals surface area contributed by atoms with Crippen LogP contribution in [0.4, 0.5) is 5.69 Å². The number of amides is 1. The molecule has 0 atom stereocenters. The van der Waals surface area contributed by atoms with E-state index in [-0.39, 0.29) is 5.91 Å². The molecule has 0 aliphatic rings. The number of carbonyl (C=O) groups is 1. The number of aromatic nitrogens is 2. The standard InChI is InChI=1S/C28H30N4O4S/c1-5-19-8-6-7-9-20(19)14-27(33)30-22-11-13-24(28-32-31-18(2)36-28)26(15-22)37-29-17-21-10-12-23(34-3)16-25(21)35-4/h6-13,15-16,29H,5,14,17H2,1-4H3,(H,30,33). The van der Waals surface area contributed by atoms with E-state index in [0.717, 1.165) is 39.5 Å². The van der Waals surface area contributed by atoms with Crippen molar-refractivity contribution in [3.05, 3.63) is 83.2 Å². The summed E-state index contributed by atoms with van der Waals surface area (Å²) in [6.45, 7) is 4.37. The van der Waals surface area contributed by atoms with E-state index in [1.807, 2.05) is 54.6 Å². The Morgan fingerprint density at radius 1 is 0.973 bits per heavy atom. The van der Waals surface area contributed by atoms with E-state index < -0.39 is 0 Å². The molecular formula is C28H30N4O4S. The molecule has 37 heavy (non-hydrogen) atoms. The molecule has 0 saturated heterocycles. The highest BCUT2D eigenvalue weighted by atomic mass is 32.2. The third kappa shape index (κ3) is 6.69. The molecule has 0 fully saturated rings. The lowest BCUT2D eigenvalue weighted by atomic mass is 10.0. The molecular weight excluding hydrogens is 488 g/mol. The predicted octanol–water partition coefficient (Wildman–Crippen LogP) is 5.60. The number of aryl methyl sites for hydroxylation is 2. The number of hydrogen-bond donors (Lipinski definition) is 2. The highest BCUT2D eigenvalue weighted by molar-refractivity contribution is 7.97. The molecule has 2 N–H and O–H groups in total. The Kier molecular flexibility index (Phi) is 8.81. The number of benzene rings is 3. The predicted molar refractivity (Wildman–Crippen MR) is 145 cm³/mol. The summed E-state index contributed by atoms with van der Waals surface area (Å²) < 4.78 is 19.8. The summed E-state index contributed by atoms with van der Waals surface area (Å²) in [7, 11) is 3.25. The van der Waals surface area contributed by atoms with Gasteiger partial charge in [-0.25, -0.2) is 0 Å². The monoisotopic (exact) mass is 518 g/mol. The van der Waals surface area contributed by atoms with Crippen molar-refractivity contribution in [3.8, 4) is 23.0 Å². The highest BCUT2D eigenvalue weighted by Crippen LogP contribution is 2.33. The first-order chi connectivity index (χ1) is 18.0. The van der Waals surface area contributed by atoms with Crippen molar-refractivity contribution < 1.29 is 18.7 Å². The van der Waals surface area contributed by atoms with E-state index in [1.165, 1.54) is 17.5 Å². The van der Waals surface area contributed by atoms with E-state index in [4.69, 9.17) is 13.9 Å². The van der Waals surface area contributed by atoms with Crippen LogP contribution in [0.5, 0.6) is 11.5 Å². The highest BCUT2D eigenvalue weighted by Gasteiger charge is 2.15. The maximum atomic E-state index is 12.8. The first-order valence-electron chi connectivity index (χ1n) is 11.9. The van der Waals surface area contributed by atoms with Crippen LogP contribution in [0.1, 0.15) is 29.5 Å². The number of ether oxygens (including phenoxy) is 2. The lowest BCUT2D eigenvalue weighted by Gasteiger charge is -2.13. The Bertz CT molecular complexity index is 1370. The van der Waals surface area contributed by atoms with Gasteiger partial charge in [-0.1, -0.05) is 37.3 Å². The number of rotatable bonds is 11. The maximum Gasteiger partial charge on any atom is 0.248 e. The zero-order valence-corrected chi connectivity index (χ0v) is 22.1. The van der Waals surface area contributed by atoms with E-state index in [1.54, 1.807) is 21.1 Å². The minimum atomic E-state index is -0.0748. The molecule has 3 aromatic carbocycles. The third-order valence-corrected chi connectivity index (χ3v) is 6.66. The first-order valence-corrected chi connectivity index (χ1v) is 12.7. The van der Waals surface area contributed by atoms with Gasteiger partial charge in [-0.2, -0.15) is 0 Å². The van der Waals surface area contributed by atoms with Crippen molar-refractivity contribution in [2.75, 3.05) is 19.5 Å². The summed E-state index contributed by atoms with van der Waals surface area (Å²) in [5, 5.41) is 11.2. The van der Waals surface area contributed by atoms with Crippen LogP contribution in [0.2, 0.25) is 0 Å². The number of methoxy groups -OCH3 is 2. The van der Waals surface area contributed by atoms with Gasteiger partial charge < -0.3 is 19.2 Å². The van der Waals surface area contributed by atoms with Crippen LogP contribution in [-0.2, 0) is 24.2 Å². The van der Waals surface area contributed by atoms with Gasteiger partial charge in [0.15, 0.2) is 0 Å². The fourth-order valence-electron chi connectivity index (χ4n) is 3.91.